The van der Waals surface area contributed by atoms with Crippen molar-refractivity contribution in [3.8, 4) is 0 Å². The molecular weight excluding hydrogens is 188 g/mol. The molecule has 1 atom stereocenters. The maximum atomic E-state index is 7.90. The van der Waals surface area contributed by atoms with E-state index in [1.54, 1.807) is 12.4 Å². The van der Waals surface area contributed by atoms with Gasteiger partial charge in [0.25, 0.3) is 0 Å². The summed E-state index contributed by atoms with van der Waals surface area (Å²) >= 11 is 0. The van der Waals surface area contributed by atoms with Crippen LogP contribution in [0.15, 0.2) is 12.4 Å². The lowest BCUT2D eigenvalue weighted by Crippen LogP contribution is -2.12. The van der Waals surface area contributed by atoms with Crippen LogP contribution >= 0.6 is 0 Å². The molecule has 0 spiro atoms. The van der Waals surface area contributed by atoms with E-state index >= 15 is 0 Å². The summed E-state index contributed by atoms with van der Waals surface area (Å²) in [6.07, 6.45) is 6.08. The van der Waals surface area contributed by atoms with Gasteiger partial charge in [-0.05, 0) is 31.9 Å². The van der Waals surface area contributed by atoms with Crippen LogP contribution < -0.4 is 0 Å². The van der Waals surface area contributed by atoms with E-state index in [4.69, 9.17) is 10.8 Å². The molecule has 0 aliphatic heterocycles. The molecular formula is C11H16N4. The van der Waals surface area contributed by atoms with E-state index in [1.807, 2.05) is 13.8 Å². The average molecular weight is 204 g/mol. The quantitative estimate of drug-likeness (QED) is 0.722. The molecule has 4 heteroatoms. The van der Waals surface area contributed by atoms with Crippen LogP contribution in [0.2, 0.25) is 0 Å². The number of aromatic nitrogens is 2. The van der Waals surface area contributed by atoms with Gasteiger partial charge in [0.1, 0.15) is 5.69 Å². The van der Waals surface area contributed by atoms with Crippen LogP contribution in [0.25, 0.3) is 0 Å². The lowest BCUT2D eigenvalue weighted by Gasteiger charge is -2.10. The van der Waals surface area contributed by atoms with Crippen LogP contribution in [0.4, 0.5) is 0 Å². The van der Waals surface area contributed by atoms with Crippen LogP contribution in [-0.4, -0.2) is 21.9 Å². The zero-order valence-corrected chi connectivity index (χ0v) is 9.12. The van der Waals surface area contributed by atoms with Crippen LogP contribution in [0.5, 0.6) is 0 Å². The minimum Gasteiger partial charge on any atom is -0.313 e. The van der Waals surface area contributed by atoms with Gasteiger partial charge in [-0.1, -0.05) is 6.92 Å². The van der Waals surface area contributed by atoms with Gasteiger partial charge in [-0.15, -0.1) is 0 Å². The first-order valence-electron chi connectivity index (χ1n) is 5.05. The zero-order chi connectivity index (χ0) is 11.3. The van der Waals surface area contributed by atoms with Gasteiger partial charge >= 0.3 is 0 Å². The van der Waals surface area contributed by atoms with Crippen LogP contribution in [0, 0.1) is 23.7 Å². The first kappa shape index (κ1) is 11.5. The summed E-state index contributed by atoms with van der Waals surface area (Å²) in [5, 5.41) is 15.1. The molecule has 0 aliphatic carbocycles. The maximum Gasteiger partial charge on any atom is 0.105 e. The van der Waals surface area contributed by atoms with Gasteiger partial charge in [0.2, 0.25) is 0 Å². The Labute approximate surface area is 89.8 Å². The minimum atomic E-state index is 0.138. The molecule has 80 valence electrons. The second-order valence-corrected chi connectivity index (χ2v) is 3.51. The monoisotopic (exact) mass is 204 g/mol. The summed E-state index contributed by atoms with van der Waals surface area (Å²) in [6.45, 7) is 3.87. The SMILES string of the molecule is CCC(C=N)CC(=N)c1nccnc1C. The fourth-order valence-electron chi connectivity index (χ4n) is 1.38. The predicted molar refractivity (Wildman–Crippen MR) is 60.8 cm³/mol. The van der Waals surface area contributed by atoms with E-state index < -0.39 is 0 Å². The van der Waals surface area contributed by atoms with Crippen molar-refractivity contribution in [2.45, 2.75) is 26.7 Å². The lowest BCUT2D eigenvalue weighted by molar-refractivity contribution is 0.702. The lowest BCUT2D eigenvalue weighted by atomic mass is 9.98. The Kier molecular flexibility index (Phi) is 4.09. The van der Waals surface area contributed by atoms with Gasteiger partial charge in [0.15, 0.2) is 0 Å². The molecule has 2 N–H and O–H groups in total. The van der Waals surface area contributed by atoms with Crippen molar-refractivity contribution >= 4 is 11.9 Å². The number of nitrogens with zero attached hydrogens (tertiary/aromatic N) is 2. The third-order valence-electron chi connectivity index (χ3n) is 2.39. The molecule has 15 heavy (non-hydrogen) atoms. The predicted octanol–water partition coefficient (Wildman–Crippen LogP) is 2.22. The number of hydrogen-bond acceptors (Lipinski definition) is 4. The molecule has 0 saturated heterocycles. The highest BCUT2D eigenvalue weighted by Crippen LogP contribution is 2.11. The molecule has 1 aromatic rings. The maximum absolute atomic E-state index is 7.90. The van der Waals surface area contributed by atoms with Gasteiger partial charge in [0.05, 0.1) is 11.4 Å². The summed E-state index contributed by atoms with van der Waals surface area (Å²) < 4.78 is 0. The standard InChI is InChI=1S/C11H16N4/c1-3-9(7-12)6-10(13)11-8(2)14-4-5-15-11/h4-5,7,9,12-13H,3,6H2,1-2H3. The van der Waals surface area contributed by atoms with E-state index in [9.17, 15) is 0 Å². The fraction of sp³-hybridized carbons (Fsp3) is 0.455. The highest BCUT2D eigenvalue weighted by atomic mass is 14.8. The molecule has 1 rings (SSSR count). The number of aryl methyl sites for hydroxylation is 1. The molecule has 4 nitrogen and oxygen atoms in total. The number of nitrogens with one attached hydrogen (secondary N) is 2. The third kappa shape index (κ3) is 2.94. The van der Waals surface area contributed by atoms with E-state index in [0.717, 1.165) is 12.1 Å². The van der Waals surface area contributed by atoms with E-state index in [2.05, 4.69) is 9.97 Å². The minimum absolute atomic E-state index is 0.138. The van der Waals surface area contributed by atoms with Gasteiger partial charge in [-0.25, -0.2) is 0 Å². The largest absolute Gasteiger partial charge is 0.313 e. The molecule has 1 aromatic heterocycles. The Balaban J connectivity index is 2.77. The Morgan fingerprint density at radius 1 is 1.47 bits per heavy atom. The second-order valence-electron chi connectivity index (χ2n) is 3.51. The zero-order valence-electron chi connectivity index (χ0n) is 9.12. The molecule has 0 aliphatic rings. The second kappa shape index (κ2) is 5.34. The van der Waals surface area contributed by atoms with Crippen LogP contribution in [-0.2, 0) is 0 Å². The number of rotatable bonds is 5. The normalized spacial score (nSPS) is 12.1. The Morgan fingerprint density at radius 3 is 2.67 bits per heavy atom. The van der Waals surface area contributed by atoms with Gasteiger partial charge in [-0.3, -0.25) is 9.97 Å². The Hall–Kier alpha value is -1.58. The Morgan fingerprint density at radius 2 is 2.13 bits per heavy atom. The summed E-state index contributed by atoms with van der Waals surface area (Å²) in [5.41, 5.74) is 1.90. The van der Waals surface area contributed by atoms with Crippen molar-refractivity contribution in [1.82, 2.24) is 9.97 Å². The topological polar surface area (TPSA) is 73.5 Å². The molecule has 0 bridgehead atoms. The molecule has 1 unspecified atom stereocenters. The summed E-state index contributed by atoms with van der Waals surface area (Å²) in [5.74, 6) is 0.138. The molecule has 0 radical (unpaired) electrons. The van der Waals surface area contributed by atoms with Crippen molar-refractivity contribution in [3.05, 3.63) is 23.8 Å². The van der Waals surface area contributed by atoms with Crippen molar-refractivity contribution in [1.29, 1.82) is 10.8 Å². The van der Waals surface area contributed by atoms with Crippen molar-refractivity contribution in [2.75, 3.05) is 0 Å². The molecule has 0 amide bonds. The highest BCUT2D eigenvalue weighted by Gasteiger charge is 2.11. The fourth-order valence-corrected chi connectivity index (χ4v) is 1.38. The molecule has 0 fully saturated rings. The smallest absolute Gasteiger partial charge is 0.105 e. The van der Waals surface area contributed by atoms with E-state index in [0.29, 0.717) is 17.8 Å². The molecule has 1 heterocycles. The van der Waals surface area contributed by atoms with Crippen LogP contribution in [0.1, 0.15) is 31.2 Å². The first-order chi connectivity index (χ1) is 7.19. The highest BCUT2D eigenvalue weighted by molar-refractivity contribution is 5.98. The first-order valence-corrected chi connectivity index (χ1v) is 5.05. The average Bonchev–Trinajstić information content (AvgIpc) is 2.26. The molecule has 0 saturated carbocycles. The third-order valence-corrected chi connectivity index (χ3v) is 2.39. The van der Waals surface area contributed by atoms with Gasteiger partial charge in [0, 0.05) is 12.4 Å². The summed E-state index contributed by atoms with van der Waals surface area (Å²) in [4.78, 5) is 8.24. The van der Waals surface area contributed by atoms with Crippen LogP contribution in [0.3, 0.4) is 0 Å². The van der Waals surface area contributed by atoms with Crippen molar-refractivity contribution < 1.29 is 0 Å². The van der Waals surface area contributed by atoms with Gasteiger partial charge < -0.3 is 10.8 Å². The van der Waals surface area contributed by atoms with Crippen molar-refractivity contribution in [3.63, 3.8) is 0 Å². The van der Waals surface area contributed by atoms with Crippen molar-refractivity contribution in [2.24, 2.45) is 5.92 Å². The molecule has 0 aromatic carbocycles. The summed E-state index contributed by atoms with van der Waals surface area (Å²) in [7, 11) is 0. The van der Waals surface area contributed by atoms with E-state index in [1.165, 1.54) is 6.21 Å². The van der Waals surface area contributed by atoms with Gasteiger partial charge in [-0.2, -0.15) is 0 Å². The summed E-state index contributed by atoms with van der Waals surface area (Å²) in [6, 6.07) is 0. The number of hydrogen-bond donors (Lipinski definition) is 2. The Bertz CT molecular complexity index is 359. The van der Waals surface area contributed by atoms with E-state index in [-0.39, 0.29) is 5.92 Å².